The largest absolute Gasteiger partial charge is 0.459 e. The summed E-state index contributed by atoms with van der Waals surface area (Å²) in [6.07, 6.45) is 0. The lowest BCUT2D eigenvalue weighted by Gasteiger charge is -2.11. The summed E-state index contributed by atoms with van der Waals surface area (Å²) in [5.74, 6) is 1.34. The number of fused-ring (bicyclic) bond motifs is 1. The molecule has 8 heteroatoms. The smallest absolute Gasteiger partial charge is 0.191 e. The van der Waals surface area contributed by atoms with Gasteiger partial charge in [-0.2, -0.15) is 0 Å². The van der Waals surface area contributed by atoms with Crippen LogP contribution in [-0.4, -0.2) is 33.7 Å². The van der Waals surface area contributed by atoms with Crippen LogP contribution < -0.4 is 10.6 Å². The number of furan rings is 1. The Hall–Kier alpha value is -2.07. The molecule has 6 nitrogen and oxygen atoms in total. The van der Waals surface area contributed by atoms with Crippen LogP contribution in [0, 0.1) is 6.92 Å². The van der Waals surface area contributed by atoms with Crippen molar-refractivity contribution in [1.82, 2.24) is 10.6 Å². The van der Waals surface area contributed by atoms with Crippen LogP contribution in [0.2, 0.25) is 0 Å². The predicted molar refractivity (Wildman–Crippen MR) is 123 cm³/mol. The van der Waals surface area contributed by atoms with Crippen LogP contribution in [0.1, 0.15) is 11.3 Å². The number of rotatable bonds is 6. The van der Waals surface area contributed by atoms with Crippen molar-refractivity contribution < 1.29 is 12.8 Å². The highest BCUT2D eigenvalue weighted by Crippen LogP contribution is 2.24. The van der Waals surface area contributed by atoms with Crippen molar-refractivity contribution in [2.45, 2.75) is 18.4 Å². The topological polar surface area (TPSA) is 83.7 Å². The van der Waals surface area contributed by atoms with Crippen LogP contribution in [0.15, 0.2) is 68.9 Å². The number of aliphatic imine (C=N–C) groups is 1. The van der Waals surface area contributed by atoms with Crippen molar-refractivity contribution >= 4 is 50.7 Å². The van der Waals surface area contributed by atoms with E-state index in [9.17, 15) is 8.42 Å². The number of halogens is 1. The summed E-state index contributed by atoms with van der Waals surface area (Å²) in [5, 5.41) is 7.29. The van der Waals surface area contributed by atoms with E-state index in [0.717, 1.165) is 22.3 Å². The van der Waals surface area contributed by atoms with Crippen LogP contribution >= 0.6 is 24.0 Å². The summed E-state index contributed by atoms with van der Waals surface area (Å²) >= 11 is 0. The zero-order valence-electron chi connectivity index (χ0n) is 15.8. The molecular weight excluding hydrogens is 489 g/mol. The maximum Gasteiger partial charge on any atom is 0.191 e. The lowest BCUT2D eigenvalue weighted by atomic mass is 10.1. The first kappa shape index (κ1) is 22.2. The van der Waals surface area contributed by atoms with Crippen molar-refractivity contribution in [1.29, 1.82) is 0 Å². The molecule has 0 aliphatic heterocycles. The van der Waals surface area contributed by atoms with Crippen molar-refractivity contribution in [2.24, 2.45) is 4.99 Å². The molecule has 0 spiro atoms. The van der Waals surface area contributed by atoms with Gasteiger partial charge in [-0.25, -0.2) is 8.42 Å². The number of hydrogen-bond acceptors (Lipinski definition) is 4. The van der Waals surface area contributed by atoms with E-state index in [0.29, 0.717) is 17.4 Å². The Morgan fingerprint density at radius 1 is 1.04 bits per heavy atom. The molecule has 1 aromatic heterocycles. The Bertz CT molecular complexity index is 1050. The lowest BCUT2D eigenvalue weighted by Crippen LogP contribution is -2.39. The second-order valence-corrected chi connectivity index (χ2v) is 8.24. The fourth-order valence-corrected chi connectivity index (χ4v) is 4.01. The molecule has 0 radical (unpaired) electrons. The summed E-state index contributed by atoms with van der Waals surface area (Å²) in [6.45, 7) is 2.74. The lowest BCUT2D eigenvalue weighted by molar-refractivity contribution is 0.534. The van der Waals surface area contributed by atoms with Crippen molar-refractivity contribution in [3.05, 3.63) is 65.9 Å². The van der Waals surface area contributed by atoms with Gasteiger partial charge >= 0.3 is 0 Å². The Labute approximate surface area is 182 Å². The standard InChI is InChI=1S/C20H23N3O3S.HI/c1-15-17-10-6-7-11-18(17)26-19(15)14-23-20(21-2)22-12-13-27(24,25)16-8-4-3-5-9-16;/h3-11H,12-14H2,1-2H3,(H2,21,22,23);1H. The Kier molecular flexibility index (Phi) is 7.88. The fraction of sp³-hybridized carbons (Fsp3) is 0.250. The molecular formula is C20H24IN3O3S. The summed E-state index contributed by atoms with van der Waals surface area (Å²) < 4.78 is 30.5. The molecule has 0 unspecified atom stereocenters. The first-order chi connectivity index (χ1) is 13.0. The van der Waals surface area contributed by atoms with E-state index in [1.165, 1.54) is 0 Å². The minimum absolute atomic E-state index is 0. The van der Waals surface area contributed by atoms with E-state index in [2.05, 4.69) is 15.6 Å². The minimum Gasteiger partial charge on any atom is -0.459 e. The molecule has 2 N–H and O–H groups in total. The number of benzene rings is 2. The molecule has 0 atom stereocenters. The highest BCUT2D eigenvalue weighted by molar-refractivity contribution is 14.0. The van der Waals surface area contributed by atoms with Gasteiger partial charge in [-0.1, -0.05) is 36.4 Å². The first-order valence-corrected chi connectivity index (χ1v) is 10.4. The Morgan fingerprint density at radius 3 is 2.39 bits per heavy atom. The van der Waals surface area contributed by atoms with E-state index < -0.39 is 9.84 Å². The van der Waals surface area contributed by atoms with Gasteiger partial charge in [-0.05, 0) is 25.1 Å². The van der Waals surface area contributed by atoms with E-state index >= 15 is 0 Å². The molecule has 0 saturated heterocycles. The maximum absolute atomic E-state index is 12.3. The van der Waals surface area contributed by atoms with Gasteiger partial charge in [0.2, 0.25) is 0 Å². The molecule has 1 heterocycles. The number of guanidine groups is 1. The molecule has 0 bridgehead atoms. The quantitative estimate of drug-likeness (QED) is 0.300. The number of aryl methyl sites for hydroxylation is 1. The van der Waals surface area contributed by atoms with E-state index in [1.807, 2.05) is 31.2 Å². The normalized spacial score (nSPS) is 11.9. The van der Waals surface area contributed by atoms with Crippen molar-refractivity contribution in [3.8, 4) is 0 Å². The average Bonchev–Trinajstić information content (AvgIpc) is 3.01. The van der Waals surface area contributed by atoms with Crippen LogP contribution in [0.3, 0.4) is 0 Å². The van der Waals surface area contributed by atoms with Crippen LogP contribution in [-0.2, 0) is 16.4 Å². The Balaban J connectivity index is 0.00000280. The minimum atomic E-state index is -3.32. The summed E-state index contributed by atoms with van der Waals surface area (Å²) in [5.41, 5.74) is 1.93. The molecule has 0 saturated carbocycles. The van der Waals surface area contributed by atoms with E-state index in [1.54, 1.807) is 37.4 Å². The van der Waals surface area contributed by atoms with E-state index in [4.69, 9.17) is 4.42 Å². The van der Waals surface area contributed by atoms with Gasteiger partial charge < -0.3 is 15.1 Å². The second kappa shape index (κ2) is 9.92. The first-order valence-electron chi connectivity index (χ1n) is 8.70. The third-order valence-corrected chi connectivity index (χ3v) is 6.08. The van der Waals surface area contributed by atoms with E-state index in [-0.39, 0.29) is 36.3 Å². The number of para-hydroxylation sites is 1. The van der Waals surface area contributed by atoms with Crippen LogP contribution in [0.25, 0.3) is 11.0 Å². The summed E-state index contributed by atoms with van der Waals surface area (Å²) in [6, 6.07) is 16.3. The van der Waals surface area contributed by atoms with Crippen LogP contribution in [0.5, 0.6) is 0 Å². The summed E-state index contributed by atoms with van der Waals surface area (Å²) in [4.78, 5) is 4.46. The third-order valence-electron chi connectivity index (χ3n) is 4.35. The number of sulfone groups is 1. The van der Waals surface area contributed by atoms with Gasteiger partial charge in [0.1, 0.15) is 11.3 Å². The highest BCUT2D eigenvalue weighted by atomic mass is 127. The SMILES string of the molecule is CN=C(NCCS(=O)(=O)c1ccccc1)NCc1oc2ccccc2c1C.I. The van der Waals surface area contributed by atoms with Gasteiger partial charge in [0.25, 0.3) is 0 Å². The molecule has 0 aliphatic carbocycles. The molecule has 0 fully saturated rings. The highest BCUT2D eigenvalue weighted by Gasteiger charge is 2.14. The van der Waals surface area contributed by atoms with Gasteiger partial charge in [0.15, 0.2) is 15.8 Å². The van der Waals surface area contributed by atoms with Gasteiger partial charge in [0, 0.05) is 24.5 Å². The number of nitrogens with zero attached hydrogens (tertiary/aromatic N) is 1. The Morgan fingerprint density at radius 2 is 1.71 bits per heavy atom. The summed E-state index contributed by atoms with van der Waals surface area (Å²) in [7, 11) is -1.67. The number of nitrogens with one attached hydrogen (secondary N) is 2. The molecule has 0 aliphatic rings. The van der Waals surface area contributed by atoms with Gasteiger partial charge in [-0.3, -0.25) is 4.99 Å². The average molecular weight is 513 g/mol. The molecule has 150 valence electrons. The predicted octanol–water partition coefficient (Wildman–Crippen LogP) is 3.50. The molecule has 28 heavy (non-hydrogen) atoms. The van der Waals surface area contributed by atoms with Crippen molar-refractivity contribution in [2.75, 3.05) is 19.3 Å². The zero-order valence-corrected chi connectivity index (χ0v) is 19.0. The molecule has 2 aromatic carbocycles. The van der Waals surface area contributed by atoms with Gasteiger partial charge in [-0.15, -0.1) is 24.0 Å². The van der Waals surface area contributed by atoms with Gasteiger partial charge in [0.05, 0.1) is 17.2 Å². The maximum atomic E-state index is 12.3. The molecule has 0 amide bonds. The second-order valence-electron chi connectivity index (χ2n) is 6.13. The van der Waals surface area contributed by atoms with Crippen LogP contribution in [0.4, 0.5) is 0 Å². The third kappa shape index (κ3) is 5.26. The zero-order chi connectivity index (χ0) is 19.3. The molecule has 3 aromatic rings. The van der Waals surface area contributed by atoms with Crippen molar-refractivity contribution in [3.63, 3.8) is 0 Å². The fourth-order valence-electron chi connectivity index (χ4n) is 2.83. The molecule has 3 rings (SSSR count). The number of hydrogen-bond donors (Lipinski definition) is 2. The monoisotopic (exact) mass is 513 g/mol.